The minimum absolute atomic E-state index is 0.153. The number of nitrogens with zero attached hydrogens (tertiary/aromatic N) is 1. The number of rotatable bonds is 4. The second-order valence-corrected chi connectivity index (χ2v) is 6.69. The maximum atomic E-state index is 12.3. The van der Waals surface area contributed by atoms with Gasteiger partial charge in [-0.05, 0) is 38.3 Å². The maximum Gasteiger partial charge on any atom is 0.289 e. The fourth-order valence-corrected chi connectivity index (χ4v) is 2.83. The first-order valence-electron chi connectivity index (χ1n) is 8.08. The molecule has 1 aliphatic rings. The number of carbonyl (C=O) groups is 1. The van der Waals surface area contributed by atoms with Crippen LogP contribution in [-0.4, -0.2) is 30.7 Å². The van der Waals surface area contributed by atoms with Gasteiger partial charge in [-0.2, -0.15) is 0 Å². The fourth-order valence-electron chi connectivity index (χ4n) is 2.83. The van der Waals surface area contributed by atoms with Crippen LogP contribution >= 0.6 is 0 Å². The molecule has 0 unspecified atom stereocenters. The van der Waals surface area contributed by atoms with E-state index >= 15 is 0 Å². The largest absolute Gasteiger partial charge is 0.350 e. The molecule has 0 spiro atoms. The minimum Gasteiger partial charge on any atom is -0.350 e. The normalized spacial score (nSPS) is 17.0. The highest BCUT2D eigenvalue weighted by atomic mass is 16.5. The van der Waals surface area contributed by atoms with Gasteiger partial charge < -0.3 is 15.2 Å². The van der Waals surface area contributed by atoms with Crippen LogP contribution in [0.5, 0.6) is 0 Å². The number of amides is 1. The van der Waals surface area contributed by atoms with Crippen molar-refractivity contribution in [2.75, 3.05) is 19.6 Å². The zero-order valence-electron chi connectivity index (χ0n) is 13.7. The quantitative estimate of drug-likeness (QED) is 0.911. The highest BCUT2D eigenvalue weighted by molar-refractivity contribution is 5.92. The predicted octanol–water partition coefficient (Wildman–Crippen LogP) is 2.77. The van der Waals surface area contributed by atoms with E-state index in [2.05, 4.69) is 22.7 Å². The molecule has 1 fully saturated rings. The second kappa shape index (κ2) is 6.54. The van der Waals surface area contributed by atoms with Gasteiger partial charge >= 0.3 is 0 Å². The molecule has 0 saturated carbocycles. The van der Waals surface area contributed by atoms with Crippen molar-refractivity contribution in [3.8, 4) is 11.3 Å². The maximum absolute atomic E-state index is 12.3. The Morgan fingerprint density at radius 3 is 2.70 bits per heavy atom. The molecule has 2 N–H and O–H groups in total. The van der Waals surface area contributed by atoms with Crippen molar-refractivity contribution in [2.24, 2.45) is 5.41 Å². The third-order valence-corrected chi connectivity index (χ3v) is 4.57. The Bertz CT molecular complexity index is 670. The van der Waals surface area contributed by atoms with Gasteiger partial charge in [0, 0.05) is 18.2 Å². The van der Waals surface area contributed by atoms with Crippen LogP contribution in [0, 0.1) is 12.3 Å². The summed E-state index contributed by atoms with van der Waals surface area (Å²) < 4.78 is 5.21. The van der Waals surface area contributed by atoms with Crippen molar-refractivity contribution in [3.63, 3.8) is 0 Å². The van der Waals surface area contributed by atoms with Crippen LogP contribution in [0.4, 0.5) is 0 Å². The molecule has 0 atom stereocenters. The van der Waals surface area contributed by atoms with Crippen molar-refractivity contribution in [1.29, 1.82) is 0 Å². The highest BCUT2D eigenvalue weighted by Gasteiger charge is 2.27. The van der Waals surface area contributed by atoms with Gasteiger partial charge in [0.05, 0.1) is 0 Å². The number of hydrogen-bond donors (Lipinski definition) is 2. The van der Waals surface area contributed by atoms with E-state index in [1.807, 2.05) is 31.2 Å². The molecular weight excluding hydrogens is 290 g/mol. The highest BCUT2D eigenvalue weighted by Crippen LogP contribution is 2.27. The van der Waals surface area contributed by atoms with Gasteiger partial charge in [0.25, 0.3) is 5.91 Å². The number of nitrogens with one attached hydrogen (secondary N) is 2. The van der Waals surface area contributed by atoms with Gasteiger partial charge in [-0.1, -0.05) is 41.9 Å². The summed E-state index contributed by atoms with van der Waals surface area (Å²) in [5.74, 6) is 0.0636. The van der Waals surface area contributed by atoms with E-state index < -0.39 is 0 Å². The van der Waals surface area contributed by atoms with Crippen LogP contribution < -0.4 is 10.6 Å². The zero-order chi connectivity index (χ0) is 16.3. The Kier molecular flexibility index (Phi) is 4.48. The van der Waals surface area contributed by atoms with E-state index in [1.54, 1.807) is 6.07 Å². The van der Waals surface area contributed by atoms with Gasteiger partial charge in [-0.25, -0.2) is 0 Å². The van der Waals surface area contributed by atoms with Crippen molar-refractivity contribution in [3.05, 3.63) is 41.7 Å². The van der Waals surface area contributed by atoms with Crippen LogP contribution in [0.2, 0.25) is 0 Å². The average molecular weight is 313 g/mol. The molecule has 1 aromatic heterocycles. The van der Waals surface area contributed by atoms with Gasteiger partial charge in [0.1, 0.15) is 5.69 Å². The minimum atomic E-state index is -0.199. The van der Waals surface area contributed by atoms with Crippen LogP contribution in [0.3, 0.4) is 0 Å². The molecule has 2 heterocycles. The first-order valence-corrected chi connectivity index (χ1v) is 8.08. The summed E-state index contributed by atoms with van der Waals surface area (Å²) in [6.45, 7) is 6.92. The van der Waals surface area contributed by atoms with Gasteiger partial charge in [0.15, 0.2) is 0 Å². The number of aryl methyl sites for hydroxylation is 1. The lowest BCUT2D eigenvalue weighted by molar-refractivity contribution is 0.0885. The second-order valence-electron chi connectivity index (χ2n) is 6.69. The van der Waals surface area contributed by atoms with Gasteiger partial charge in [0.2, 0.25) is 5.76 Å². The third kappa shape index (κ3) is 3.79. The number of piperidine rings is 1. The molecule has 1 aliphatic heterocycles. The average Bonchev–Trinajstić information content (AvgIpc) is 3.04. The molecule has 0 radical (unpaired) electrons. The van der Waals surface area contributed by atoms with E-state index in [0.717, 1.165) is 31.5 Å². The van der Waals surface area contributed by atoms with Crippen molar-refractivity contribution in [1.82, 2.24) is 15.8 Å². The Morgan fingerprint density at radius 1 is 1.30 bits per heavy atom. The lowest BCUT2D eigenvalue weighted by atomic mass is 9.81. The predicted molar refractivity (Wildman–Crippen MR) is 89.2 cm³/mol. The summed E-state index contributed by atoms with van der Waals surface area (Å²) in [6, 6.07) is 9.68. The van der Waals surface area contributed by atoms with Crippen molar-refractivity contribution >= 4 is 5.91 Å². The van der Waals surface area contributed by atoms with E-state index in [9.17, 15) is 4.79 Å². The Balaban J connectivity index is 1.63. The summed E-state index contributed by atoms with van der Waals surface area (Å²) in [5, 5.41) is 10.3. The number of carbonyl (C=O) groups excluding carboxylic acids is 1. The van der Waals surface area contributed by atoms with Crippen LogP contribution in [0.1, 0.15) is 35.9 Å². The lowest BCUT2D eigenvalue weighted by Gasteiger charge is -2.33. The Hall–Kier alpha value is -2.14. The molecular formula is C18H23N3O2. The summed E-state index contributed by atoms with van der Waals surface area (Å²) in [5.41, 5.74) is 2.97. The topological polar surface area (TPSA) is 67.2 Å². The molecule has 0 aliphatic carbocycles. The molecule has 1 saturated heterocycles. The van der Waals surface area contributed by atoms with Crippen LogP contribution in [0.25, 0.3) is 11.3 Å². The van der Waals surface area contributed by atoms with E-state index in [-0.39, 0.29) is 17.1 Å². The number of aromatic nitrogens is 1. The van der Waals surface area contributed by atoms with E-state index in [1.165, 1.54) is 5.56 Å². The molecule has 5 nitrogen and oxygen atoms in total. The number of hydrogen-bond acceptors (Lipinski definition) is 4. The summed E-state index contributed by atoms with van der Waals surface area (Å²) in [7, 11) is 0. The molecule has 1 aromatic carbocycles. The zero-order valence-corrected chi connectivity index (χ0v) is 13.7. The SMILES string of the molecule is Cc1ccc(-c2cc(C(=O)NCC3(C)CCNCC3)on2)cc1. The first kappa shape index (κ1) is 15.7. The van der Waals surface area contributed by atoms with Gasteiger partial charge in [-0.3, -0.25) is 4.79 Å². The Labute approximate surface area is 136 Å². The first-order chi connectivity index (χ1) is 11.1. The number of benzene rings is 1. The van der Waals surface area contributed by atoms with E-state index in [0.29, 0.717) is 12.2 Å². The van der Waals surface area contributed by atoms with Crippen molar-refractivity contribution < 1.29 is 9.32 Å². The molecule has 122 valence electrons. The monoisotopic (exact) mass is 313 g/mol. The summed E-state index contributed by atoms with van der Waals surface area (Å²) >= 11 is 0. The van der Waals surface area contributed by atoms with E-state index in [4.69, 9.17) is 4.52 Å². The van der Waals surface area contributed by atoms with Crippen LogP contribution in [-0.2, 0) is 0 Å². The molecule has 5 heteroatoms. The molecule has 1 amide bonds. The summed E-state index contributed by atoms with van der Waals surface area (Å²) in [6.07, 6.45) is 2.14. The smallest absolute Gasteiger partial charge is 0.289 e. The summed E-state index contributed by atoms with van der Waals surface area (Å²) in [4.78, 5) is 12.3. The fraction of sp³-hybridized carbons (Fsp3) is 0.444. The molecule has 3 rings (SSSR count). The molecule has 0 bridgehead atoms. The van der Waals surface area contributed by atoms with Crippen LogP contribution in [0.15, 0.2) is 34.9 Å². The van der Waals surface area contributed by atoms with Gasteiger partial charge in [-0.15, -0.1) is 0 Å². The third-order valence-electron chi connectivity index (χ3n) is 4.57. The molecule has 2 aromatic rings. The standard InChI is InChI=1S/C18H23N3O2/c1-13-3-5-14(6-4-13)15-11-16(23-21-15)17(22)20-12-18(2)7-9-19-10-8-18/h3-6,11,19H,7-10,12H2,1-2H3,(H,20,22). The Morgan fingerprint density at radius 2 is 2.00 bits per heavy atom. The lowest BCUT2D eigenvalue weighted by Crippen LogP contribution is -2.42. The van der Waals surface area contributed by atoms with Crippen molar-refractivity contribution in [2.45, 2.75) is 26.7 Å². The molecule has 23 heavy (non-hydrogen) atoms.